The molecule has 0 amide bonds. The molecule has 0 saturated heterocycles. The lowest BCUT2D eigenvalue weighted by Gasteiger charge is -2.25. The fraction of sp³-hybridized carbons (Fsp3) is 0.0588. The maximum Gasteiger partial charge on any atom is -0.0104 e. The summed E-state index contributed by atoms with van der Waals surface area (Å²) < 4.78 is 0. The van der Waals surface area contributed by atoms with Gasteiger partial charge in [-0.15, -0.1) is 0 Å². The first-order valence-corrected chi connectivity index (χ1v) is 15.5. The van der Waals surface area contributed by atoms with Gasteiger partial charge in [0.15, 0.2) is 0 Å². The maximum absolute atomic E-state index is 2.36. The number of benzene rings is 6. The van der Waals surface area contributed by atoms with E-state index in [4.69, 9.17) is 0 Å². The first-order valence-electron chi connectivity index (χ1n) is 12.5. The van der Waals surface area contributed by atoms with Gasteiger partial charge in [0.1, 0.15) is 0 Å². The van der Waals surface area contributed by atoms with Crippen LogP contribution < -0.4 is 21.2 Å². The van der Waals surface area contributed by atoms with E-state index in [1.54, 1.807) is 0 Å². The predicted molar refractivity (Wildman–Crippen MR) is 163 cm³/mol. The minimum absolute atomic E-state index is 0.491. The first-order chi connectivity index (χ1) is 17.9. The molecule has 174 valence electrons. The second-order valence-electron chi connectivity index (χ2n) is 8.97. The fourth-order valence-corrected chi connectivity index (χ4v) is 10.8. The third kappa shape index (κ3) is 4.73. The van der Waals surface area contributed by atoms with Crippen LogP contribution in [0.25, 0.3) is 21.5 Å². The molecule has 36 heavy (non-hydrogen) atoms. The van der Waals surface area contributed by atoms with Crippen molar-refractivity contribution < 1.29 is 0 Å². The highest BCUT2D eigenvalue weighted by Gasteiger charge is 2.21. The van der Waals surface area contributed by atoms with Gasteiger partial charge in [-0.2, -0.15) is 0 Å². The van der Waals surface area contributed by atoms with Gasteiger partial charge in [-0.1, -0.05) is 146 Å². The normalized spacial score (nSPS) is 13.0. The third-order valence-electron chi connectivity index (χ3n) is 6.80. The molecule has 0 bridgehead atoms. The molecule has 2 heteroatoms. The number of hydrogen-bond acceptors (Lipinski definition) is 0. The largest absolute Gasteiger partial charge is 0.0622 e. The molecule has 6 rings (SSSR count). The smallest absolute Gasteiger partial charge is 0.0104 e. The molecule has 0 radical (unpaired) electrons. The van der Waals surface area contributed by atoms with E-state index >= 15 is 0 Å². The zero-order valence-corrected chi connectivity index (χ0v) is 22.0. The van der Waals surface area contributed by atoms with Crippen molar-refractivity contribution in [3.8, 4) is 0 Å². The van der Waals surface area contributed by atoms with Crippen molar-refractivity contribution in [1.82, 2.24) is 0 Å². The Bertz CT molecular complexity index is 1460. The molecular formula is C34H28P2. The lowest BCUT2D eigenvalue weighted by molar-refractivity contribution is 1.51. The van der Waals surface area contributed by atoms with E-state index in [2.05, 4.69) is 146 Å². The monoisotopic (exact) mass is 498 g/mol. The summed E-state index contributed by atoms with van der Waals surface area (Å²) in [4.78, 5) is 0. The van der Waals surface area contributed by atoms with Crippen LogP contribution in [0.3, 0.4) is 0 Å². The van der Waals surface area contributed by atoms with Gasteiger partial charge in [0, 0.05) is 0 Å². The van der Waals surface area contributed by atoms with Gasteiger partial charge in [0.05, 0.1) is 0 Å². The van der Waals surface area contributed by atoms with Gasteiger partial charge in [-0.3, -0.25) is 0 Å². The van der Waals surface area contributed by atoms with Crippen molar-refractivity contribution in [3.63, 3.8) is 0 Å². The van der Waals surface area contributed by atoms with Crippen LogP contribution in [0.2, 0.25) is 0 Å². The molecule has 0 heterocycles. The van der Waals surface area contributed by atoms with E-state index in [-0.39, 0.29) is 0 Å². The molecule has 0 aromatic heterocycles. The number of fused-ring (bicyclic) bond motifs is 2. The molecule has 0 fully saturated rings. The van der Waals surface area contributed by atoms with Gasteiger partial charge in [-0.25, -0.2) is 0 Å². The summed E-state index contributed by atoms with van der Waals surface area (Å²) in [5, 5.41) is 11.4. The number of rotatable bonds is 7. The Kier molecular flexibility index (Phi) is 6.91. The van der Waals surface area contributed by atoms with Gasteiger partial charge in [0.2, 0.25) is 0 Å². The molecule has 0 N–H and O–H groups in total. The zero-order valence-electron chi connectivity index (χ0n) is 20.2. The van der Waals surface area contributed by atoms with Crippen molar-refractivity contribution in [2.75, 3.05) is 12.3 Å². The van der Waals surface area contributed by atoms with Crippen LogP contribution in [0.5, 0.6) is 0 Å². The fourth-order valence-electron chi connectivity index (χ4n) is 5.08. The van der Waals surface area contributed by atoms with E-state index in [1.807, 2.05) is 0 Å². The third-order valence-corrected chi connectivity index (χ3v) is 12.3. The molecule has 6 aromatic rings. The Hall–Kier alpha value is -3.30. The zero-order chi connectivity index (χ0) is 24.2. The van der Waals surface area contributed by atoms with Crippen molar-refractivity contribution >= 4 is 58.6 Å². The van der Waals surface area contributed by atoms with Crippen molar-refractivity contribution in [2.45, 2.75) is 0 Å². The summed E-state index contributed by atoms with van der Waals surface area (Å²) in [5.74, 6) is 0. The average molecular weight is 499 g/mol. The quantitative estimate of drug-likeness (QED) is 0.199. The molecule has 0 aliphatic rings. The van der Waals surface area contributed by atoms with Crippen LogP contribution >= 0.6 is 15.8 Å². The summed E-state index contributed by atoms with van der Waals surface area (Å²) in [5.41, 5.74) is 0. The molecule has 0 aliphatic carbocycles. The second-order valence-corrected chi connectivity index (χ2v) is 13.6. The van der Waals surface area contributed by atoms with Crippen LogP contribution in [0, 0.1) is 0 Å². The maximum atomic E-state index is 2.36. The summed E-state index contributed by atoms with van der Waals surface area (Å²) in [6, 6.07) is 53.8. The van der Waals surface area contributed by atoms with Gasteiger partial charge in [-0.05, 0) is 70.9 Å². The lowest BCUT2D eigenvalue weighted by Crippen LogP contribution is -2.20. The molecule has 6 aromatic carbocycles. The molecule has 2 atom stereocenters. The molecule has 0 unspecified atom stereocenters. The van der Waals surface area contributed by atoms with E-state index in [0.717, 1.165) is 12.3 Å². The highest BCUT2D eigenvalue weighted by Crippen LogP contribution is 2.43. The molecular weight excluding hydrogens is 470 g/mol. The molecule has 0 aliphatic heterocycles. The van der Waals surface area contributed by atoms with Crippen molar-refractivity contribution in [3.05, 3.63) is 146 Å². The van der Waals surface area contributed by atoms with Crippen LogP contribution in [0.1, 0.15) is 0 Å². The molecule has 0 saturated carbocycles. The van der Waals surface area contributed by atoms with E-state index < -0.39 is 15.8 Å². The van der Waals surface area contributed by atoms with E-state index in [0.29, 0.717) is 0 Å². The predicted octanol–water partition coefficient (Wildman–Crippen LogP) is 7.56. The minimum Gasteiger partial charge on any atom is -0.0622 e. The summed E-state index contributed by atoms with van der Waals surface area (Å²) >= 11 is 0. The Morgan fingerprint density at radius 3 is 1.14 bits per heavy atom. The van der Waals surface area contributed by atoms with Gasteiger partial charge >= 0.3 is 0 Å². The Balaban J connectivity index is 1.44. The summed E-state index contributed by atoms with van der Waals surface area (Å²) in [7, 11) is -0.982. The summed E-state index contributed by atoms with van der Waals surface area (Å²) in [6.07, 6.45) is 2.33. The summed E-state index contributed by atoms with van der Waals surface area (Å²) in [6.45, 7) is 0. The van der Waals surface area contributed by atoms with Crippen molar-refractivity contribution in [1.29, 1.82) is 0 Å². The second kappa shape index (κ2) is 10.8. The highest BCUT2D eigenvalue weighted by molar-refractivity contribution is 7.77. The highest BCUT2D eigenvalue weighted by atomic mass is 31.1. The van der Waals surface area contributed by atoms with Gasteiger partial charge in [0.25, 0.3) is 0 Å². The minimum atomic E-state index is -0.491. The van der Waals surface area contributed by atoms with Crippen LogP contribution in [-0.2, 0) is 0 Å². The van der Waals surface area contributed by atoms with E-state index in [1.165, 1.54) is 42.8 Å². The van der Waals surface area contributed by atoms with Crippen LogP contribution in [-0.4, -0.2) is 12.3 Å². The molecule has 0 spiro atoms. The average Bonchev–Trinajstić information content (AvgIpc) is 2.96. The van der Waals surface area contributed by atoms with Crippen LogP contribution in [0.4, 0.5) is 0 Å². The topological polar surface area (TPSA) is 0 Å². The molecule has 0 nitrogen and oxygen atoms in total. The van der Waals surface area contributed by atoms with E-state index in [9.17, 15) is 0 Å². The lowest BCUT2D eigenvalue weighted by atomic mass is 10.1. The van der Waals surface area contributed by atoms with Gasteiger partial charge < -0.3 is 0 Å². The Morgan fingerprint density at radius 1 is 0.333 bits per heavy atom. The first kappa shape index (κ1) is 23.1. The van der Waals surface area contributed by atoms with Crippen molar-refractivity contribution in [2.24, 2.45) is 0 Å². The number of hydrogen-bond donors (Lipinski definition) is 0. The Labute approximate surface area is 216 Å². The standard InChI is InChI=1S/C34H28P2/c1-3-17-29(18-4-1)35(33-23-11-15-27-13-7-9-21-31(27)33)25-26-36(30-19-5-2-6-20-30)34-24-12-16-28-14-8-10-22-32(28)34/h1-24H,25-26H2/t35-,36-/m0/s1. The van der Waals surface area contributed by atoms with Crippen LogP contribution in [0.15, 0.2) is 146 Å². The Morgan fingerprint density at radius 2 is 0.694 bits per heavy atom. The SMILES string of the molecule is c1ccc([P@](CC[P@@](c2ccccc2)c2cccc3ccccc23)c2cccc3ccccc23)cc1.